The van der Waals surface area contributed by atoms with E-state index in [-0.39, 0.29) is 112 Å². The van der Waals surface area contributed by atoms with Gasteiger partial charge in [0.2, 0.25) is 130 Å². The molecule has 48 nitrogen and oxygen atoms in total. The Hall–Kier alpha value is -12.3. The summed E-state index contributed by atoms with van der Waals surface area (Å²) in [5.74, 6) is -27.4. The third kappa shape index (κ3) is 39.3. The number of nitrogens with one attached hydrogen (secondary N) is 14. The molecule has 0 spiro atoms. The second-order valence-electron chi connectivity index (χ2n) is 34.8. The first-order chi connectivity index (χ1) is 65.0. The molecular formula is C86H132N24O24S4. The van der Waals surface area contributed by atoms with E-state index in [0.29, 0.717) is 32.7 Å². The van der Waals surface area contributed by atoms with Crippen LogP contribution in [0.25, 0.3) is 0 Å². The number of carbonyl (C=O) groups is 22. The van der Waals surface area contributed by atoms with Gasteiger partial charge in [-0.2, -0.15) is 0 Å². The number of nitrogens with zero attached hydrogens (tertiary/aromatic N) is 2. The zero-order valence-electron chi connectivity index (χ0n) is 78.2. The van der Waals surface area contributed by atoms with Crippen molar-refractivity contribution in [3.05, 3.63) is 59.7 Å². The monoisotopic (exact) mass is 2010 g/mol. The zero-order valence-corrected chi connectivity index (χ0v) is 81.4. The maximum Gasteiger partial charge on any atom is 0.246 e. The van der Waals surface area contributed by atoms with E-state index < -0.39 is 302 Å². The average Bonchev–Trinajstić information content (AvgIpc) is 1.66. The van der Waals surface area contributed by atoms with Gasteiger partial charge in [-0.1, -0.05) is 136 Å². The number of phenols is 2. The van der Waals surface area contributed by atoms with Crippen LogP contribution in [-0.2, 0) is 118 Å². The molecule has 22 amide bonds. The van der Waals surface area contributed by atoms with Crippen LogP contribution in [0.15, 0.2) is 48.5 Å². The summed E-state index contributed by atoms with van der Waals surface area (Å²) in [6.45, 7) is 11.6. The minimum absolute atomic E-state index is 0.000499. The lowest BCUT2D eigenvalue weighted by molar-refractivity contribution is -0.142. The van der Waals surface area contributed by atoms with Crippen molar-refractivity contribution in [1.82, 2.24) is 84.2 Å². The summed E-state index contributed by atoms with van der Waals surface area (Å²) < 4.78 is 0. The molecule has 32 N–H and O–H groups in total. The number of hydrogen-bond donors (Lipinski definition) is 24. The number of carbonyl (C=O) groups excluding carboxylic acids is 22. The van der Waals surface area contributed by atoms with Crippen molar-refractivity contribution < 1.29 is 116 Å². The molecule has 2 aromatic rings. The van der Waals surface area contributed by atoms with Crippen LogP contribution in [0.3, 0.4) is 0 Å². The van der Waals surface area contributed by atoms with Gasteiger partial charge in [0.05, 0.1) is 38.0 Å². The number of nitrogens with two attached hydrogens (primary N) is 8. The van der Waals surface area contributed by atoms with Crippen molar-refractivity contribution in [2.24, 2.45) is 69.5 Å². The van der Waals surface area contributed by atoms with E-state index in [1.807, 2.05) is 0 Å². The standard InChI is InChI=1S/C86H132N24O24S4/c1-9-43(7)69-83(131)97-51(23-25-63(89)113)75(123)101-57(33-65(91)115)77(125)105-59(85(133)109-27-11-13-61(109)81(129)103-53(29-41(3)4)73(121)95-35-67(93)117)39-137-138-40-60(86(134)110-28-12-14-62(110)82(130)104-54(30-42(5)6)74(122)96-36-68(94)118)106-78(126)58(34-66(92)116)102-76(124)52(24-26-64(90)114)98-84(132)70(44(8)10-2)108-80(128)56(32-46-17-21-48(112)22-18-46)100-72(120)50(88)38-136-135-37-49(87)71(119)99-55(79(127)107-69)31-45-15-19-47(111)20-16-45/h15-22,41-44,49-62,69-70,111-112H,9-14,23-40,87-88H2,1-8H3,(H2,89,113)(H2,90,114)(H2,91,115)(H2,92,116)(H2,93,117)(H2,94,118)(H,95,121)(H,96,122)(H,97,131)(H,98,132)(H,99,119)(H,100,120)(H,101,123)(H,102,124)(H,103,129)(H,104,130)(H,105,125)(H,106,126)(H,107,127)(H,108,128)/t43-,44-,49-,50-,51-,52-,53-,54-,55-,56-,57-,58-,59-,60-,61-,62-,69-,70-/m0/s1. The lowest BCUT2D eigenvalue weighted by atomic mass is 9.96. The summed E-state index contributed by atoms with van der Waals surface area (Å²) in [4.78, 5) is 313. The van der Waals surface area contributed by atoms with Gasteiger partial charge >= 0.3 is 0 Å². The van der Waals surface area contributed by atoms with E-state index in [2.05, 4.69) is 74.4 Å². The number of aromatic hydroxyl groups is 2. The molecule has 764 valence electrons. The number of rotatable bonds is 34. The molecule has 3 saturated heterocycles. The Kier molecular flexibility index (Phi) is 48.7. The van der Waals surface area contributed by atoms with Crippen molar-refractivity contribution in [3.63, 3.8) is 0 Å². The molecule has 3 aliphatic heterocycles. The van der Waals surface area contributed by atoms with Gasteiger partial charge in [0.15, 0.2) is 0 Å². The van der Waals surface area contributed by atoms with Gasteiger partial charge in [0.25, 0.3) is 0 Å². The first kappa shape index (κ1) is 116. The Labute approximate surface area is 813 Å². The third-order valence-electron chi connectivity index (χ3n) is 22.6. The Morgan fingerprint density at radius 1 is 0.391 bits per heavy atom. The normalized spacial score (nSPS) is 24.3. The second kappa shape index (κ2) is 57.8. The Bertz CT molecular complexity index is 4380. The molecule has 0 unspecified atom stereocenters. The largest absolute Gasteiger partial charge is 0.508 e. The summed E-state index contributed by atoms with van der Waals surface area (Å²) >= 11 is 0. The van der Waals surface area contributed by atoms with E-state index in [0.717, 1.165) is 31.4 Å². The number of phenolic OH excluding ortho intramolecular Hbond substituents is 2. The van der Waals surface area contributed by atoms with Crippen LogP contribution in [0, 0.1) is 23.7 Å². The number of hydrogen-bond acceptors (Lipinski definition) is 30. The van der Waals surface area contributed by atoms with Crippen molar-refractivity contribution in [2.45, 2.75) is 255 Å². The molecule has 3 heterocycles. The van der Waals surface area contributed by atoms with Gasteiger partial charge in [0, 0.05) is 61.8 Å². The smallest absolute Gasteiger partial charge is 0.246 e. The molecule has 5 rings (SSSR count). The van der Waals surface area contributed by atoms with Gasteiger partial charge in [-0.25, -0.2) is 0 Å². The molecule has 2 aromatic carbocycles. The number of amides is 22. The predicted octanol–water partition coefficient (Wildman–Crippen LogP) is -7.22. The summed E-state index contributed by atoms with van der Waals surface area (Å²) in [6, 6.07) is -15.5. The molecular weight excluding hydrogens is 1880 g/mol. The molecule has 3 aliphatic rings. The van der Waals surface area contributed by atoms with E-state index >= 15 is 19.2 Å². The van der Waals surface area contributed by atoms with E-state index in [1.54, 1.807) is 55.4 Å². The van der Waals surface area contributed by atoms with Crippen LogP contribution in [0.2, 0.25) is 0 Å². The fourth-order valence-corrected chi connectivity index (χ4v) is 19.2. The lowest BCUT2D eigenvalue weighted by Crippen LogP contribution is -2.61. The fraction of sp³-hybridized carbons (Fsp3) is 0.605. The summed E-state index contributed by atoms with van der Waals surface area (Å²) in [5.41, 5.74) is 47.0. The summed E-state index contributed by atoms with van der Waals surface area (Å²) in [5, 5.41) is 55.6. The Morgan fingerprint density at radius 3 is 1.00 bits per heavy atom. The van der Waals surface area contributed by atoms with Crippen molar-refractivity contribution in [2.75, 3.05) is 49.2 Å². The average molecular weight is 2010 g/mol. The molecule has 0 bridgehead atoms. The molecule has 0 aliphatic carbocycles. The van der Waals surface area contributed by atoms with Crippen LogP contribution in [-0.4, -0.2) is 296 Å². The SMILES string of the molecule is CC[C@H](C)[C@@H]1NC(=O)[C@H](Cc2ccc(O)cc2)NC(=O)[C@@H](N)CSSC[C@H](N)C(=O)N[C@@H](Cc2ccc(O)cc2)C(=O)N[C@@H]([C@@H](C)CC)C(=O)N[C@@H](CCC(N)=O)C(=O)N[C@@H](CC(N)=O)C(=O)N[C@H](C(=O)N2CCC[C@H]2C(=O)N[C@@H](CC(C)C)C(=O)NCC(N)=O)CSSC[C@@H](C(=O)N2CCC[C@H]2C(=O)N[C@@H](CC(C)C)C(=O)NCC(N)=O)NC(=O)[C@H](CC(N)=O)NC(=O)[C@H](CCC(N)=O)NC1=O. The van der Waals surface area contributed by atoms with Crippen molar-refractivity contribution >= 4 is 173 Å². The van der Waals surface area contributed by atoms with Crippen molar-refractivity contribution in [1.29, 1.82) is 0 Å². The van der Waals surface area contributed by atoms with Crippen LogP contribution >= 0.6 is 43.2 Å². The maximum atomic E-state index is 15.6. The molecule has 3 fully saturated rings. The first-order valence-corrected chi connectivity index (χ1v) is 50.1. The van der Waals surface area contributed by atoms with Crippen LogP contribution < -0.4 is 120 Å². The highest BCUT2D eigenvalue weighted by molar-refractivity contribution is 8.77. The van der Waals surface area contributed by atoms with Crippen LogP contribution in [0.4, 0.5) is 0 Å². The Balaban J connectivity index is 1.74. The highest BCUT2D eigenvalue weighted by atomic mass is 33.1. The van der Waals surface area contributed by atoms with Crippen LogP contribution in [0.1, 0.15) is 156 Å². The Morgan fingerprint density at radius 2 is 0.696 bits per heavy atom. The fourth-order valence-electron chi connectivity index (χ4n) is 14.7. The number of likely N-dealkylation sites (tertiary alicyclic amines) is 2. The van der Waals surface area contributed by atoms with Gasteiger partial charge in [0.1, 0.15) is 96.1 Å². The molecule has 52 heteroatoms. The summed E-state index contributed by atoms with van der Waals surface area (Å²) in [7, 11) is 3.31. The lowest BCUT2D eigenvalue weighted by Gasteiger charge is -2.32. The molecule has 0 radical (unpaired) electrons. The number of benzene rings is 2. The quantitative estimate of drug-likeness (QED) is 0.0290. The highest BCUT2D eigenvalue weighted by Gasteiger charge is 2.45. The van der Waals surface area contributed by atoms with E-state index in [1.165, 1.54) is 48.5 Å². The minimum atomic E-state index is -2.11. The topological polar surface area (TPSA) is 799 Å². The molecule has 138 heavy (non-hydrogen) atoms. The first-order valence-electron chi connectivity index (χ1n) is 45.1. The van der Waals surface area contributed by atoms with Gasteiger partial charge in [-0.05, 0) is 110 Å². The second-order valence-corrected chi connectivity index (χ2v) is 39.9. The zero-order chi connectivity index (χ0) is 103. The van der Waals surface area contributed by atoms with E-state index in [4.69, 9.17) is 45.9 Å². The molecule has 0 aromatic heterocycles. The third-order valence-corrected chi connectivity index (χ3v) is 27.5. The van der Waals surface area contributed by atoms with Gasteiger partial charge in [-0.3, -0.25) is 105 Å². The van der Waals surface area contributed by atoms with Crippen LogP contribution in [0.5, 0.6) is 11.5 Å². The predicted molar refractivity (Wildman–Crippen MR) is 509 cm³/mol. The van der Waals surface area contributed by atoms with E-state index in [9.17, 15) is 96.5 Å². The minimum Gasteiger partial charge on any atom is -0.508 e. The van der Waals surface area contributed by atoms with Gasteiger partial charge < -0.3 is 140 Å². The molecule has 18 atom stereocenters. The van der Waals surface area contributed by atoms with Gasteiger partial charge in [-0.15, -0.1) is 0 Å². The highest BCUT2D eigenvalue weighted by Crippen LogP contribution is 2.30. The van der Waals surface area contributed by atoms with Crippen molar-refractivity contribution in [3.8, 4) is 11.5 Å². The maximum absolute atomic E-state index is 15.6. The number of primary amides is 6. The molecule has 0 saturated carbocycles. The summed E-state index contributed by atoms with van der Waals surface area (Å²) in [6.07, 6.45) is -4.91.